The van der Waals surface area contributed by atoms with Crippen molar-refractivity contribution in [2.45, 2.75) is 6.54 Å². The molecule has 1 aromatic carbocycles. The van der Waals surface area contributed by atoms with Crippen LogP contribution in [0.25, 0.3) is 0 Å². The minimum Gasteiger partial charge on any atom is -0.478 e. The summed E-state index contributed by atoms with van der Waals surface area (Å²) in [6.07, 6.45) is 1.58. The summed E-state index contributed by atoms with van der Waals surface area (Å²) in [7, 11) is 1.81. The Balaban J connectivity index is 2.22. The molecule has 1 heterocycles. The molecule has 19 heavy (non-hydrogen) atoms. The Morgan fingerprint density at radius 1 is 1.32 bits per heavy atom. The van der Waals surface area contributed by atoms with Crippen LogP contribution >= 0.6 is 11.6 Å². The standard InChI is InChI=1S/C14H13ClN2O2/c1-17(9-10-4-6-11(15)7-5-10)13-12(14(18)19)3-2-8-16-13/h2-8H,9H2,1H3,(H,18,19). The van der Waals surface area contributed by atoms with Crippen LogP contribution in [0.5, 0.6) is 0 Å². The Labute approximate surface area is 116 Å². The first kappa shape index (κ1) is 13.4. The lowest BCUT2D eigenvalue weighted by atomic mass is 10.2. The Morgan fingerprint density at radius 3 is 2.63 bits per heavy atom. The largest absolute Gasteiger partial charge is 0.478 e. The Hall–Kier alpha value is -2.07. The first-order valence-corrected chi connectivity index (χ1v) is 6.09. The van der Waals surface area contributed by atoms with Crippen LogP contribution in [-0.4, -0.2) is 23.1 Å². The number of anilines is 1. The molecule has 0 fully saturated rings. The van der Waals surface area contributed by atoms with Crippen LogP contribution in [0.15, 0.2) is 42.6 Å². The number of hydrogen-bond acceptors (Lipinski definition) is 3. The molecule has 0 aliphatic rings. The number of aromatic carboxylic acids is 1. The first-order valence-electron chi connectivity index (χ1n) is 5.72. The third-order valence-electron chi connectivity index (χ3n) is 2.71. The maximum absolute atomic E-state index is 11.1. The van der Waals surface area contributed by atoms with Gasteiger partial charge in [0.25, 0.3) is 0 Å². The van der Waals surface area contributed by atoms with Gasteiger partial charge in [0, 0.05) is 24.8 Å². The van der Waals surface area contributed by atoms with Gasteiger partial charge in [-0.25, -0.2) is 9.78 Å². The van der Waals surface area contributed by atoms with E-state index in [9.17, 15) is 4.79 Å². The van der Waals surface area contributed by atoms with E-state index >= 15 is 0 Å². The molecular formula is C14H13ClN2O2. The molecule has 1 N–H and O–H groups in total. The molecule has 0 radical (unpaired) electrons. The number of benzene rings is 1. The van der Waals surface area contributed by atoms with Crippen LogP contribution in [0.1, 0.15) is 15.9 Å². The third-order valence-corrected chi connectivity index (χ3v) is 2.96. The SMILES string of the molecule is CN(Cc1ccc(Cl)cc1)c1ncccc1C(=O)O. The molecule has 0 bridgehead atoms. The van der Waals surface area contributed by atoms with Crippen molar-refractivity contribution in [3.63, 3.8) is 0 Å². The third kappa shape index (κ3) is 3.23. The number of carboxylic acids is 1. The highest BCUT2D eigenvalue weighted by molar-refractivity contribution is 6.30. The van der Waals surface area contributed by atoms with Crippen molar-refractivity contribution < 1.29 is 9.90 Å². The second-order valence-corrected chi connectivity index (χ2v) is 4.60. The van der Waals surface area contributed by atoms with E-state index in [1.165, 1.54) is 0 Å². The van der Waals surface area contributed by atoms with Crippen molar-refractivity contribution in [1.82, 2.24) is 4.98 Å². The molecule has 2 aromatic rings. The van der Waals surface area contributed by atoms with E-state index in [0.29, 0.717) is 17.4 Å². The number of carbonyl (C=O) groups is 1. The number of rotatable bonds is 4. The lowest BCUT2D eigenvalue weighted by Gasteiger charge is -2.19. The number of halogens is 1. The zero-order valence-corrected chi connectivity index (χ0v) is 11.1. The van der Waals surface area contributed by atoms with Gasteiger partial charge in [0.05, 0.1) is 0 Å². The van der Waals surface area contributed by atoms with E-state index in [-0.39, 0.29) is 5.56 Å². The first-order chi connectivity index (χ1) is 9.08. The van der Waals surface area contributed by atoms with Gasteiger partial charge in [-0.1, -0.05) is 23.7 Å². The second-order valence-electron chi connectivity index (χ2n) is 4.16. The second kappa shape index (κ2) is 5.71. The molecule has 0 aliphatic heterocycles. The van der Waals surface area contributed by atoms with Crippen molar-refractivity contribution >= 4 is 23.4 Å². The van der Waals surface area contributed by atoms with Gasteiger partial charge in [0.2, 0.25) is 0 Å². The summed E-state index contributed by atoms with van der Waals surface area (Å²) in [5.74, 6) is -0.531. The maximum Gasteiger partial charge on any atom is 0.339 e. The number of hydrogen-bond donors (Lipinski definition) is 1. The highest BCUT2D eigenvalue weighted by Crippen LogP contribution is 2.18. The van der Waals surface area contributed by atoms with Crippen LogP contribution in [0.2, 0.25) is 5.02 Å². The minimum absolute atomic E-state index is 0.193. The fourth-order valence-corrected chi connectivity index (χ4v) is 1.93. The molecule has 0 unspecified atom stereocenters. The Morgan fingerprint density at radius 2 is 2.00 bits per heavy atom. The van der Waals surface area contributed by atoms with Gasteiger partial charge in [-0.15, -0.1) is 0 Å². The number of pyridine rings is 1. The fraction of sp³-hybridized carbons (Fsp3) is 0.143. The topological polar surface area (TPSA) is 53.4 Å². The maximum atomic E-state index is 11.1. The summed E-state index contributed by atoms with van der Waals surface area (Å²) in [5, 5.41) is 9.81. The van der Waals surface area contributed by atoms with Gasteiger partial charge in [-0.05, 0) is 29.8 Å². The molecule has 0 atom stereocenters. The monoisotopic (exact) mass is 276 g/mol. The molecule has 2 rings (SSSR count). The molecule has 4 nitrogen and oxygen atoms in total. The van der Waals surface area contributed by atoms with E-state index in [4.69, 9.17) is 16.7 Å². The summed E-state index contributed by atoms with van der Waals surface area (Å²) in [6, 6.07) is 10.6. The van der Waals surface area contributed by atoms with Crippen LogP contribution in [-0.2, 0) is 6.54 Å². The highest BCUT2D eigenvalue weighted by atomic mass is 35.5. The van der Waals surface area contributed by atoms with E-state index in [1.807, 2.05) is 19.2 Å². The zero-order chi connectivity index (χ0) is 13.8. The summed E-state index contributed by atoms with van der Waals surface area (Å²) >= 11 is 5.83. The Bertz CT molecular complexity index is 584. The van der Waals surface area contributed by atoms with Crippen molar-refractivity contribution in [3.8, 4) is 0 Å². The van der Waals surface area contributed by atoms with E-state index in [2.05, 4.69) is 4.98 Å². The molecule has 5 heteroatoms. The van der Waals surface area contributed by atoms with Crippen molar-refractivity contribution in [2.24, 2.45) is 0 Å². The average Bonchev–Trinajstić information content (AvgIpc) is 2.41. The van der Waals surface area contributed by atoms with Crippen molar-refractivity contribution in [2.75, 3.05) is 11.9 Å². The van der Waals surface area contributed by atoms with Crippen molar-refractivity contribution in [3.05, 3.63) is 58.7 Å². The predicted octanol–water partition coefficient (Wildman–Crippen LogP) is 3.07. The van der Waals surface area contributed by atoms with Gasteiger partial charge in [0.1, 0.15) is 11.4 Å². The van der Waals surface area contributed by atoms with Gasteiger partial charge in [-0.2, -0.15) is 0 Å². The molecule has 0 spiro atoms. The zero-order valence-electron chi connectivity index (χ0n) is 10.4. The predicted molar refractivity (Wildman–Crippen MR) is 74.8 cm³/mol. The van der Waals surface area contributed by atoms with Gasteiger partial charge in [-0.3, -0.25) is 0 Å². The lowest BCUT2D eigenvalue weighted by Crippen LogP contribution is -2.20. The number of aromatic nitrogens is 1. The molecule has 0 saturated carbocycles. The molecule has 98 valence electrons. The quantitative estimate of drug-likeness (QED) is 0.932. The van der Waals surface area contributed by atoms with Gasteiger partial charge >= 0.3 is 5.97 Å². The highest BCUT2D eigenvalue weighted by Gasteiger charge is 2.14. The molecule has 0 saturated heterocycles. The smallest absolute Gasteiger partial charge is 0.339 e. The minimum atomic E-state index is -0.981. The van der Waals surface area contributed by atoms with Gasteiger partial charge < -0.3 is 10.0 Å². The molecule has 1 aromatic heterocycles. The molecule has 0 aliphatic carbocycles. The van der Waals surface area contributed by atoms with E-state index < -0.39 is 5.97 Å². The number of nitrogens with zero attached hydrogens (tertiary/aromatic N) is 2. The lowest BCUT2D eigenvalue weighted by molar-refractivity contribution is 0.0697. The fourth-order valence-electron chi connectivity index (χ4n) is 1.81. The summed E-state index contributed by atoms with van der Waals surface area (Å²) in [6.45, 7) is 0.564. The average molecular weight is 277 g/mol. The molecular weight excluding hydrogens is 264 g/mol. The number of carboxylic acid groups (broad SMARTS) is 1. The van der Waals surface area contributed by atoms with Crippen LogP contribution < -0.4 is 4.90 Å². The summed E-state index contributed by atoms with van der Waals surface area (Å²) < 4.78 is 0. The summed E-state index contributed by atoms with van der Waals surface area (Å²) in [4.78, 5) is 17.1. The molecule has 0 amide bonds. The van der Waals surface area contributed by atoms with Crippen molar-refractivity contribution in [1.29, 1.82) is 0 Å². The van der Waals surface area contributed by atoms with E-state index in [1.54, 1.807) is 35.4 Å². The van der Waals surface area contributed by atoms with Crippen LogP contribution in [0.3, 0.4) is 0 Å². The Kier molecular flexibility index (Phi) is 4.02. The van der Waals surface area contributed by atoms with Crippen LogP contribution in [0.4, 0.5) is 5.82 Å². The van der Waals surface area contributed by atoms with E-state index in [0.717, 1.165) is 5.56 Å². The van der Waals surface area contributed by atoms with Gasteiger partial charge in [0.15, 0.2) is 0 Å². The van der Waals surface area contributed by atoms with Crippen LogP contribution in [0, 0.1) is 0 Å². The normalized spacial score (nSPS) is 10.2. The summed E-state index contributed by atoms with van der Waals surface area (Å²) in [5.41, 5.74) is 1.23.